The van der Waals surface area contributed by atoms with E-state index < -0.39 is 18.5 Å². The average molecular weight is 476 g/mol. The first-order chi connectivity index (χ1) is 16.8. The molecule has 3 aromatic rings. The third kappa shape index (κ3) is 4.20. The number of amides is 1. The third-order valence-corrected chi connectivity index (χ3v) is 7.57. The Kier molecular flexibility index (Phi) is 6.01. The largest absolute Gasteiger partial charge is 0.441 e. The Morgan fingerprint density at radius 1 is 0.824 bits per heavy atom. The lowest BCUT2D eigenvalue weighted by molar-refractivity contribution is -0.303. The van der Waals surface area contributed by atoms with Crippen LogP contribution in [0.25, 0.3) is 0 Å². The highest BCUT2D eigenvalue weighted by atomic mass is 32.2. The average Bonchev–Trinajstić information content (AvgIpc) is 3.22. The maximum Gasteiger partial charge on any atom is 0.411 e. The molecule has 7 heteroatoms. The molecule has 3 fully saturated rings. The van der Waals surface area contributed by atoms with Gasteiger partial charge in [-0.15, -0.1) is 0 Å². The van der Waals surface area contributed by atoms with Crippen LogP contribution in [0.4, 0.5) is 4.79 Å². The van der Waals surface area contributed by atoms with Crippen molar-refractivity contribution in [1.29, 1.82) is 0 Å². The molecule has 6 nitrogen and oxygen atoms in total. The molecule has 3 aliphatic rings. The van der Waals surface area contributed by atoms with Gasteiger partial charge in [0.1, 0.15) is 23.7 Å². The number of hydrogen-bond acceptors (Lipinski definition) is 6. The van der Waals surface area contributed by atoms with E-state index in [9.17, 15) is 4.79 Å². The fourth-order valence-corrected chi connectivity index (χ4v) is 6.01. The van der Waals surface area contributed by atoms with Crippen LogP contribution in [0.15, 0.2) is 95.9 Å². The van der Waals surface area contributed by atoms with Crippen molar-refractivity contribution >= 4 is 17.9 Å². The van der Waals surface area contributed by atoms with Crippen LogP contribution in [0.5, 0.6) is 0 Å². The van der Waals surface area contributed by atoms with Crippen LogP contribution in [0.3, 0.4) is 0 Å². The summed E-state index contributed by atoms with van der Waals surface area (Å²) in [7, 11) is 0. The first-order valence-corrected chi connectivity index (χ1v) is 12.3. The molecule has 34 heavy (non-hydrogen) atoms. The van der Waals surface area contributed by atoms with Gasteiger partial charge in [-0.2, -0.15) is 0 Å². The molecule has 3 saturated heterocycles. The van der Waals surface area contributed by atoms with Crippen molar-refractivity contribution in [3.63, 3.8) is 0 Å². The van der Waals surface area contributed by atoms with Gasteiger partial charge >= 0.3 is 6.09 Å². The number of rotatable bonds is 5. The van der Waals surface area contributed by atoms with E-state index in [4.69, 9.17) is 18.9 Å². The molecule has 3 heterocycles. The summed E-state index contributed by atoms with van der Waals surface area (Å²) in [6, 6.07) is 29.6. The Balaban J connectivity index is 1.30. The standard InChI is InChI=1S/C27H25NO5S/c29-27-28(16-18-10-4-1-5-11-18)22-24(33-27)23-21(31-26(22)34-20-14-8-3-9-15-20)17-30-25(32-23)19-12-6-2-7-13-19/h1-15,21-26H,16-17H2/t21-,22-,23+,24+,25+,26-/m0/s1. The molecular formula is C27H25NO5S. The number of benzene rings is 3. The van der Waals surface area contributed by atoms with E-state index >= 15 is 0 Å². The van der Waals surface area contributed by atoms with E-state index in [1.165, 1.54) is 0 Å². The van der Waals surface area contributed by atoms with E-state index in [1.54, 1.807) is 16.7 Å². The highest BCUT2D eigenvalue weighted by molar-refractivity contribution is 7.99. The van der Waals surface area contributed by atoms with E-state index in [2.05, 4.69) is 0 Å². The molecular weight excluding hydrogens is 450 g/mol. The second-order valence-electron chi connectivity index (χ2n) is 8.60. The van der Waals surface area contributed by atoms with Gasteiger partial charge in [0.25, 0.3) is 0 Å². The minimum atomic E-state index is -0.521. The molecule has 1 amide bonds. The predicted molar refractivity (Wildman–Crippen MR) is 127 cm³/mol. The van der Waals surface area contributed by atoms with Gasteiger partial charge < -0.3 is 18.9 Å². The van der Waals surface area contributed by atoms with Gasteiger partial charge in [0.15, 0.2) is 12.4 Å². The van der Waals surface area contributed by atoms with Gasteiger partial charge in [-0.25, -0.2) is 4.79 Å². The summed E-state index contributed by atoms with van der Waals surface area (Å²) in [5, 5.41) is 0. The van der Waals surface area contributed by atoms with Crippen molar-refractivity contribution in [2.75, 3.05) is 6.61 Å². The summed E-state index contributed by atoms with van der Waals surface area (Å²) < 4.78 is 24.9. The zero-order valence-electron chi connectivity index (χ0n) is 18.4. The minimum Gasteiger partial charge on any atom is -0.441 e. The van der Waals surface area contributed by atoms with Crippen molar-refractivity contribution in [1.82, 2.24) is 4.90 Å². The van der Waals surface area contributed by atoms with Crippen molar-refractivity contribution in [2.24, 2.45) is 0 Å². The zero-order chi connectivity index (χ0) is 22.9. The Hall–Kier alpha value is -2.84. The molecule has 0 N–H and O–H groups in total. The molecule has 0 bridgehead atoms. The first kappa shape index (κ1) is 21.7. The number of thioether (sulfide) groups is 1. The lowest BCUT2D eigenvalue weighted by Crippen LogP contribution is -2.62. The Morgan fingerprint density at radius 3 is 2.24 bits per heavy atom. The monoisotopic (exact) mass is 475 g/mol. The summed E-state index contributed by atoms with van der Waals surface area (Å²) in [6.07, 6.45) is -2.06. The lowest BCUT2D eigenvalue weighted by Gasteiger charge is -2.47. The van der Waals surface area contributed by atoms with Crippen LogP contribution >= 0.6 is 11.8 Å². The van der Waals surface area contributed by atoms with Gasteiger partial charge in [0.2, 0.25) is 0 Å². The minimum absolute atomic E-state index is 0.298. The zero-order valence-corrected chi connectivity index (χ0v) is 19.3. The topological polar surface area (TPSA) is 57.2 Å². The van der Waals surface area contributed by atoms with Crippen LogP contribution in [0, 0.1) is 0 Å². The third-order valence-electron chi connectivity index (χ3n) is 6.40. The Labute approximate surface area is 202 Å². The van der Waals surface area contributed by atoms with E-state index in [0.717, 1.165) is 16.0 Å². The van der Waals surface area contributed by atoms with Crippen LogP contribution in [-0.2, 0) is 25.5 Å². The quantitative estimate of drug-likeness (QED) is 0.517. The number of ether oxygens (including phenoxy) is 4. The highest BCUT2D eigenvalue weighted by Crippen LogP contribution is 2.44. The van der Waals surface area contributed by atoms with Gasteiger partial charge in [-0.3, -0.25) is 4.90 Å². The van der Waals surface area contributed by atoms with Gasteiger partial charge in [0.05, 0.1) is 6.61 Å². The van der Waals surface area contributed by atoms with Crippen LogP contribution in [0.1, 0.15) is 17.4 Å². The van der Waals surface area contributed by atoms with Crippen molar-refractivity contribution < 1.29 is 23.7 Å². The molecule has 6 atom stereocenters. The van der Waals surface area contributed by atoms with Crippen LogP contribution in [0.2, 0.25) is 0 Å². The molecule has 3 aliphatic heterocycles. The maximum absolute atomic E-state index is 13.1. The second kappa shape index (κ2) is 9.43. The number of fused-ring (bicyclic) bond motifs is 3. The second-order valence-corrected chi connectivity index (χ2v) is 9.77. The van der Waals surface area contributed by atoms with Crippen LogP contribution in [-0.4, -0.2) is 47.4 Å². The van der Waals surface area contributed by atoms with Crippen molar-refractivity contribution in [3.8, 4) is 0 Å². The fourth-order valence-electron chi connectivity index (χ4n) is 4.79. The maximum atomic E-state index is 13.1. The molecule has 6 rings (SSSR count). The SMILES string of the molecule is O=C1O[C@H]2[C@@H]3O[C@H](c4ccccc4)OC[C@@H]3O[C@@H](Sc3ccccc3)[C@H]2N1Cc1ccccc1. The van der Waals surface area contributed by atoms with E-state index in [1.807, 2.05) is 91.0 Å². The molecule has 0 spiro atoms. The van der Waals surface area contributed by atoms with Crippen LogP contribution < -0.4 is 0 Å². The molecule has 174 valence electrons. The summed E-state index contributed by atoms with van der Waals surface area (Å²) in [5.41, 5.74) is 1.66. The lowest BCUT2D eigenvalue weighted by atomic mass is 9.96. The molecule has 3 aromatic carbocycles. The molecule has 0 aromatic heterocycles. The Bertz CT molecular complexity index is 1120. The number of carbonyl (C=O) groups excluding carboxylic acids is 1. The Morgan fingerprint density at radius 2 is 1.50 bits per heavy atom. The van der Waals surface area contributed by atoms with E-state index in [0.29, 0.717) is 13.2 Å². The smallest absolute Gasteiger partial charge is 0.411 e. The van der Waals surface area contributed by atoms with Gasteiger partial charge in [-0.1, -0.05) is 90.6 Å². The highest BCUT2D eigenvalue weighted by Gasteiger charge is 2.58. The molecule has 0 saturated carbocycles. The fraction of sp³-hybridized carbons (Fsp3) is 0.296. The normalized spacial score (nSPS) is 30.4. The number of carbonyl (C=O) groups is 1. The molecule has 0 aliphatic carbocycles. The summed E-state index contributed by atoms with van der Waals surface area (Å²) >= 11 is 1.60. The summed E-state index contributed by atoms with van der Waals surface area (Å²) in [4.78, 5) is 16.0. The number of hydrogen-bond donors (Lipinski definition) is 0. The van der Waals surface area contributed by atoms with E-state index in [-0.39, 0.29) is 23.7 Å². The first-order valence-electron chi connectivity index (χ1n) is 11.5. The summed E-state index contributed by atoms with van der Waals surface area (Å²) in [5.74, 6) is 0. The summed E-state index contributed by atoms with van der Waals surface area (Å²) in [6.45, 7) is 0.821. The van der Waals surface area contributed by atoms with Crippen molar-refractivity contribution in [3.05, 3.63) is 102 Å². The van der Waals surface area contributed by atoms with Crippen molar-refractivity contribution in [2.45, 2.75) is 47.5 Å². The predicted octanol–water partition coefficient (Wildman–Crippen LogP) is 5.01. The van der Waals surface area contributed by atoms with Gasteiger partial charge in [0, 0.05) is 17.0 Å². The molecule has 0 radical (unpaired) electrons. The molecule has 0 unspecified atom stereocenters. The van der Waals surface area contributed by atoms with Gasteiger partial charge in [-0.05, 0) is 17.7 Å². The number of nitrogens with zero attached hydrogens (tertiary/aromatic N) is 1.